The quantitative estimate of drug-likeness (QED) is 0.759. The largest absolute Gasteiger partial charge is 0.507 e. The van der Waals surface area contributed by atoms with Crippen molar-refractivity contribution < 1.29 is 9.90 Å². The van der Waals surface area contributed by atoms with E-state index >= 15 is 0 Å². The number of nitrogens with one attached hydrogen (secondary N) is 1. The minimum absolute atomic E-state index is 0.0514. The standard InChI is InChI=1S/C13H20N2O2/c1-10-5-6-11(12(16)9-10)13(17)15(3)8-4-7-14-2/h5-6,9,14,16H,4,7-8H2,1-3H3. The molecule has 2 N–H and O–H groups in total. The molecule has 0 aliphatic rings. The molecule has 17 heavy (non-hydrogen) atoms. The lowest BCUT2D eigenvalue weighted by Crippen LogP contribution is -2.29. The summed E-state index contributed by atoms with van der Waals surface area (Å²) in [6, 6.07) is 5.10. The lowest BCUT2D eigenvalue weighted by atomic mass is 10.1. The first kappa shape index (κ1) is 13.5. The molecule has 1 aromatic rings. The van der Waals surface area contributed by atoms with Crippen LogP contribution in [-0.4, -0.2) is 43.1 Å². The zero-order valence-corrected chi connectivity index (χ0v) is 10.7. The van der Waals surface area contributed by atoms with Gasteiger partial charge in [0.2, 0.25) is 0 Å². The lowest BCUT2D eigenvalue weighted by Gasteiger charge is -2.17. The minimum atomic E-state index is -0.140. The molecule has 0 aromatic heterocycles. The molecule has 0 fully saturated rings. The molecule has 94 valence electrons. The monoisotopic (exact) mass is 236 g/mol. The van der Waals surface area contributed by atoms with E-state index < -0.39 is 0 Å². The second-order valence-corrected chi connectivity index (χ2v) is 4.20. The van der Waals surface area contributed by atoms with Gasteiger partial charge in [0.15, 0.2) is 0 Å². The Labute approximate surface area is 102 Å². The van der Waals surface area contributed by atoms with Gasteiger partial charge >= 0.3 is 0 Å². The number of aryl methyl sites for hydroxylation is 1. The number of phenolic OH excluding ortho intramolecular Hbond substituents is 1. The summed E-state index contributed by atoms with van der Waals surface area (Å²) >= 11 is 0. The number of hydrogen-bond acceptors (Lipinski definition) is 3. The van der Waals surface area contributed by atoms with Crippen LogP contribution in [0.5, 0.6) is 5.75 Å². The number of nitrogens with zero attached hydrogens (tertiary/aromatic N) is 1. The SMILES string of the molecule is CNCCCN(C)C(=O)c1ccc(C)cc1O. The molecular formula is C13H20N2O2. The number of benzene rings is 1. The molecule has 1 aromatic carbocycles. The number of carbonyl (C=O) groups excluding carboxylic acids is 1. The topological polar surface area (TPSA) is 52.6 Å². The second kappa shape index (κ2) is 6.25. The van der Waals surface area contributed by atoms with Gasteiger partial charge in [0.25, 0.3) is 5.91 Å². The fourth-order valence-corrected chi connectivity index (χ4v) is 1.62. The summed E-state index contributed by atoms with van der Waals surface area (Å²) in [7, 11) is 3.63. The number of aromatic hydroxyl groups is 1. The van der Waals surface area contributed by atoms with E-state index in [1.54, 1.807) is 24.1 Å². The normalized spacial score (nSPS) is 10.3. The number of amides is 1. The van der Waals surface area contributed by atoms with Crippen LogP contribution < -0.4 is 5.32 Å². The molecule has 0 aliphatic heterocycles. The average molecular weight is 236 g/mol. The molecule has 1 amide bonds. The van der Waals surface area contributed by atoms with Crippen molar-refractivity contribution in [3.8, 4) is 5.75 Å². The molecule has 4 nitrogen and oxygen atoms in total. The van der Waals surface area contributed by atoms with Crippen LogP contribution in [0, 0.1) is 6.92 Å². The number of hydrogen-bond donors (Lipinski definition) is 2. The highest BCUT2D eigenvalue weighted by atomic mass is 16.3. The van der Waals surface area contributed by atoms with E-state index in [0.29, 0.717) is 12.1 Å². The van der Waals surface area contributed by atoms with E-state index in [1.165, 1.54) is 0 Å². The third-order valence-corrected chi connectivity index (χ3v) is 2.65. The third-order valence-electron chi connectivity index (χ3n) is 2.65. The summed E-state index contributed by atoms with van der Waals surface area (Å²) in [6.45, 7) is 3.43. The first-order valence-electron chi connectivity index (χ1n) is 5.76. The molecule has 0 bridgehead atoms. The van der Waals surface area contributed by atoms with E-state index in [9.17, 15) is 9.90 Å². The highest BCUT2D eigenvalue weighted by Crippen LogP contribution is 2.19. The van der Waals surface area contributed by atoms with Gasteiger partial charge in [-0.3, -0.25) is 4.79 Å². The van der Waals surface area contributed by atoms with E-state index in [2.05, 4.69) is 5.32 Å². The van der Waals surface area contributed by atoms with Crippen molar-refractivity contribution in [2.75, 3.05) is 27.2 Å². The minimum Gasteiger partial charge on any atom is -0.507 e. The molecule has 0 radical (unpaired) electrons. The van der Waals surface area contributed by atoms with Crippen LogP contribution in [0.1, 0.15) is 22.3 Å². The predicted molar refractivity (Wildman–Crippen MR) is 68.3 cm³/mol. The van der Waals surface area contributed by atoms with E-state index in [4.69, 9.17) is 0 Å². The number of rotatable bonds is 5. The average Bonchev–Trinajstić information content (AvgIpc) is 2.28. The Morgan fingerprint density at radius 3 is 2.76 bits per heavy atom. The van der Waals surface area contributed by atoms with Gasteiger partial charge in [-0.1, -0.05) is 6.07 Å². The fraction of sp³-hybridized carbons (Fsp3) is 0.462. The zero-order valence-electron chi connectivity index (χ0n) is 10.7. The Hall–Kier alpha value is -1.55. The van der Waals surface area contributed by atoms with Gasteiger partial charge in [-0.2, -0.15) is 0 Å². The van der Waals surface area contributed by atoms with Crippen molar-refractivity contribution in [3.05, 3.63) is 29.3 Å². The summed E-state index contributed by atoms with van der Waals surface area (Å²) < 4.78 is 0. The van der Waals surface area contributed by atoms with Gasteiger partial charge in [0, 0.05) is 13.6 Å². The Kier molecular flexibility index (Phi) is 4.97. The van der Waals surface area contributed by atoms with Gasteiger partial charge in [0.1, 0.15) is 5.75 Å². The Morgan fingerprint density at radius 1 is 1.47 bits per heavy atom. The molecule has 0 unspecified atom stereocenters. The Bertz CT molecular complexity index is 391. The van der Waals surface area contributed by atoms with Crippen molar-refractivity contribution in [1.82, 2.24) is 10.2 Å². The van der Waals surface area contributed by atoms with Crippen LogP contribution in [0.25, 0.3) is 0 Å². The van der Waals surface area contributed by atoms with Gasteiger partial charge in [-0.05, 0) is 44.6 Å². The summed E-state index contributed by atoms with van der Waals surface area (Å²) in [5, 5.41) is 12.8. The molecule has 0 saturated heterocycles. The third kappa shape index (κ3) is 3.75. The second-order valence-electron chi connectivity index (χ2n) is 4.20. The summed E-state index contributed by atoms with van der Waals surface area (Å²) in [6.07, 6.45) is 0.894. The predicted octanol–water partition coefficient (Wildman–Crippen LogP) is 1.38. The maximum absolute atomic E-state index is 12.0. The van der Waals surface area contributed by atoms with E-state index in [0.717, 1.165) is 18.5 Å². The van der Waals surface area contributed by atoms with Crippen molar-refractivity contribution in [2.24, 2.45) is 0 Å². The van der Waals surface area contributed by atoms with Crippen LogP contribution in [0.3, 0.4) is 0 Å². The molecular weight excluding hydrogens is 216 g/mol. The molecule has 0 atom stereocenters. The van der Waals surface area contributed by atoms with Crippen LogP contribution >= 0.6 is 0 Å². The van der Waals surface area contributed by atoms with Crippen LogP contribution in [0.4, 0.5) is 0 Å². The van der Waals surface area contributed by atoms with Gasteiger partial charge in [-0.15, -0.1) is 0 Å². The number of phenols is 1. The van der Waals surface area contributed by atoms with Gasteiger partial charge < -0.3 is 15.3 Å². The Balaban J connectivity index is 2.68. The van der Waals surface area contributed by atoms with E-state index in [1.807, 2.05) is 20.0 Å². The van der Waals surface area contributed by atoms with Crippen LogP contribution in [-0.2, 0) is 0 Å². The van der Waals surface area contributed by atoms with Gasteiger partial charge in [0.05, 0.1) is 5.56 Å². The van der Waals surface area contributed by atoms with Crippen LogP contribution in [0.2, 0.25) is 0 Å². The summed E-state index contributed by atoms with van der Waals surface area (Å²) in [5.74, 6) is -0.0888. The molecule has 0 heterocycles. The smallest absolute Gasteiger partial charge is 0.257 e. The van der Waals surface area contributed by atoms with Crippen molar-refractivity contribution >= 4 is 5.91 Å². The molecule has 4 heteroatoms. The molecule has 0 aliphatic carbocycles. The first-order valence-corrected chi connectivity index (χ1v) is 5.76. The van der Waals surface area contributed by atoms with E-state index in [-0.39, 0.29) is 11.7 Å². The first-order chi connectivity index (χ1) is 8.06. The number of carbonyl (C=O) groups is 1. The Morgan fingerprint density at radius 2 is 2.18 bits per heavy atom. The maximum Gasteiger partial charge on any atom is 0.257 e. The lowest BCUT2D eigenvalue weighted by molar-refractivity contribution is 0.0791. The van der Waals surface area contributed by atoms with Crippen molar-refractivity contribution in [1.29, 1.82) is 0 Å². The van der Waals surface area contributed by atoms with Crippen LogP contribution in [0.15, 0.2) is 18.2 Å². The maximum atomic E-state index is 12.0. The molecule has 0 spiro atoms. The van der Waals surface area contributed by atoms with Crippen molar-refractivity contribution in [2.45, 2.75) is 13.3 Å². The highest BCUT2D eigenvalue weighted by molar-refractivity contribution is 5.96. The van der Waals surface area contributed by atoms with Crippen molar-refractivity contribution in [3.63, 3.8) is 0 Å². The highest BCUT2D eigenvalue weighted by Gasteiger charge is 2.15. The fourth-order valence-electron chi connectivity index (χ4n) is 1.62. The zero-order chi connectivity index (χ0) is 12.8. The summed E-state index contributed by atoms with van der Waals surface area (Å²) in [4.78, 5) is 13.6. The molecule has 1 rings (SSSR count). The summed E-state index contributed by atoms with van der Waals surface area (Å²) in [5.41, 5.74) is 1.31. The molecule has 0 saturated carbocycles. The van der Waals surface area contributed by atoms with Gasteiger partial charge in [-0.25, -0.2) is 0 Å².